The number of rotatable bonds is 2. The van der Waals surface area contributed by atoms with Crippen LogP contribution in [-0.2, 0) is 4.79 Å². The molecule has 18 heavy (non-hydrogen) atoms. The Labute approximate surface area is 118 Å². The summed E-state index contributed by atoms with van der Waals surface area (Å²) in [6.07, 6.45) is 0.503. The van der Waals surface area contributed by atoms with Crippen LogP contribution >= 0.6 is 27.5 Å². The molecule has 0 radical (unpaired) electrons. The number of aliphatic carboxylic acids is 1. The van der Waals surface area contributed by atoms with E-state index in [4.69, 9.17) is 16.7 Å². The molecule has 1 fully saturated rings. The molecular weight excluding hydrogens is 321 g/mol. The Hall–Kier alpha value is -1.07. The molecule has 1 saturated heterocycles. The Morgan fingerprint density at radius 2 is 2.11 bits per heavy atom. The third kappa shape index (κ3) is 2.84. The largest absolute Gasteiger partial charge is 0.481 e. The van der Waals surface area contributed by atoms with E-state index in [-0.39, 0.29) is 12.5 Å². The van der Waals surface area contributed by atoms with E-state index >= 15 is 0 Å². The van der Waals surface area contributed by atoms with Gasteiger partial charge in [0, 0.05) is 28.1 Å². The fraction of sp³-hybridized carbons (Fsp3) is 0.333. The molecule has 2 rings (SSSR count). The van der Waals surface area contributed by atoms with E-state index in [2.05, 4.69) is 15.9 Å². The van der Waals surface area contributed by atoms with Gasteiger partial charge in [0.1, 0.15) is 0 Å². The highest BCUT2D eigenvalue weighted by Crippen LogP contribution is 2.23. The Morgan fingerprint density at radius 1 is 1.39 bits per heavy atom. The molecule has 1 aromatic carbocycles. The van der Waals surface area contributed by atoms with Gasteiger partial charge in [-0.15, -0.1) is 0 Å². The maximum atomic E-state index is 12.2. The molecule has 96 valence electrons. The number of nitrogens with zero attached hydrogens (tertiary/aromatic N) is 1. The van der Waals surface area contributed by atoms with Crippen molar-refractivity contribution >= 4 is 39.4 Å². The molecule has 1 aliphatic heterocycles. The molecule has 1 N–H and O–H groups in total. The number of likely N-dealkylation sites (tertiary alicyclic amines) is 1. The molecule has 0 bridgehead atoms. The number of hydrogen-bond donors (Lipinski definition) is 1. The summed E-state index contributed by atoms with van der Waals surface area (Å²) in [5.74, 6) is -1.49. The topological polar surface area (TPSA) is 57.6 Å². The predicted octanol–water partition coefficient (Wildman–Crippen LogP) is 2.65. The van der Waals surface area contributed by atoms with Crippen LogP contribution in [0.5, 0.6) is 0 Å². The molecule has 0 aromatic heterocycles. The minimum Gasteiger partial charge on any atom is -0.481 e. The zero-order chi connectivity index (χ0) is 13.3. The summed E-state index contributed by atoms with van der Waals surface area (Å²) in [6.45, 7) is 0.734. The number of hydrogen-bond acceptors (Lipinski definition) is 2. The highest BCUT2D eigenvalue weighted by atomic mass is 79.9. The first-order chi connectivity index (χ1) is 8.47. The van der Waals surface area contributed by atoms with Crippen LogP contribution in [0.3, 0.4) is 0 Å². The van der Waals surface area contributed by atoms with Gasteiger partial charge in [-0.2, -0.15) is 0 Å². The molecule has 6 heteroatoms. The van der Waals surface area contributed by atoms with E-state index in [0.717, 1.165) is 4.47 Å². The second-order valence-electron chi connectivity index (χ2n) is 4.23. The maximum Gasteiger partial charge on any atom is 0.308 e. The molecule has 0 spiro atoms. The Bertz CT molecular complexity index is 486. The van der Waals surface area contributed by atoms with Crippen LogP contribution in [0.4, 0.5) is 0 Å². The van der Waals surface area contributed by atoms with E-state index in [1.807, 2.05) is 0 Å². The van der Waals surface area contributed by atoms with E-state index in [1.165, 1.54) is 0 Å². The van der Waals surface area contributed by atoms with Gasteiger partial charge in [-0.25, -0.2) is 0 Å². The molecule has 1 amide bonds. The number of halogens is 2. The van der Waals surface area contributed by atoms with Gasteiger partial charge in [0.25, 0.3) is 5.91 Å². The van der Waals surface area contributed by atoms with Gasteiger partial charge in [0.15, 0.2) is 0 Å². The average Bonchev–Trinajstić information content (AvgIpc) is 2.75. The van der Waals surface area contributed by atoms with Crippen LogP contribution < -0.4 is 0 Å². The lowest BCUT2D eigenvalue weighted by molar-refractivity contribution is -0.141. The van der Waals surface area contributed by atoms with Gasteiger partial charge < -0.3 is 10.0 Å². The van der Waals surface area contributed by atoms with Crippen molar-refractivity contribution in [3.63, 3.8) is 0 Å². The number of carboxylic acids is 1. The molecule has 1 aliphatic rings. The molecule has 1 unspecified atom stereocenters. The van der Waals surface area contributed by atoms with Crippen molar-refractivity contribution in [3.05, 3.63) is 33.3 Å². The molecular formula is C12H11BrClNO3. The maximum absolute atomic E-state index is 12.2. The normalized spacial score (nSPS) is 19.0. The van der Waals surface area contributed by atoms with Crippen molar-refractivity contribution in [2.45, 2.75) is 6.42 Å². The average molecular weight is 333 g/mol. The summed E-state index contributed by atoms with van der Waals surface area (Å²) in [5.41, 5.74) is 0.473. The zero-order valence-corrected chi connectivity index (χ0v) is 11.7. The summed E-state index contributed by atoms with van der Waals surface area (Å²) in [4.78, 5) is 24.6. The number of carbonyl (C=O) groups is 2. The summed E-state index contributed by atoms with van der Waals surface area (Å²) in [6, 6.07) is 4.97. The van der Waals surface area contributed by atoms with Gasteiger partial charge >= 0.3 is 5.97 Å². The first-order valence-electron chi connectivity index (χ1n) is 5.45. The highest BCUT2D eigenvalue weighted by Gasteiger charge is 2.31. The summed E-state index contributed by atoms with van der Waals surface area (Å²) in [5, 5.41) is 9.38. The number of carboxylic acid groups (broad SMARTS) is 1. The van der Waals surface area contributed by atoms with Crippen LogP contribution in [-0.4, -0.2) is 35.0 Å². The third-order valence-electron chi connectivity index (χ3n) is 2.93. The first-order valence-corrected chi connectivity index (χ1v) is 6.62. The Balaban J connectivity index is 2.15. The smallest absolute Gasteiger partial charge is 0.308 e. The Morgan fingerprint density at radius 3 is 2.67 bits per heavy atom. The van der Waals surface area contributed by atoms with E-state index in [1.54, 1.807) is 23.1 Å². The Kier molecular flexibility index (Phi) is 3.92. The second-order valence-corrected chi connectivity index (χ2v) is 5.59. The number of amides is 1. The van der Waals surface area contributed by atoms with Gasteiger partial charge in [0.05, 0.1) is 5.92 Å². The number of carbonyl (C=O) groups excluding carboxylic acids is 1. The number of benzene rings is 1. The molecule has 1 aromatic rings. The lowest BCUT2D eigenvalue weighted by Crippen LogP contribution is -2.29. The summed E-state index contributed by atoms with van der Waals surface area (Å²) >= 11 is 9.16. The predicted molar refractivity (Wildman–Crippen MR) is 70.8 cm³/mol. The van der Waals surface area contributed by atoms with E-state index in [0.29, 0.717) is 23.6 Å². The lowest BCUT2D eigenvalue weighted by Gasteiger charge is -2.16. The quantitative estimate of drug-likeness (QED) is 0.906. The van der Waals surface area contributed by atoms with Gasteiger partial charge in [0.2, 0.25) is 0 Å². The van der Waals surface area contributed by atoms with Crippen molar-refractivity contribution in [1.82, 2.24) is 4.90 Å². The van der Waals surface area contributed by atoms with Crippen LogP contribution in [0.25, 0.3) is 0 Å². The van der Waals surface area contributed by atoms with Crippen molar-refractivity contribution in [2.75, 3.05) is 13.1 Å². The van der Waals surface area contributed by atoms with Crippen LogP contribution in [0.2, 0.25) is 5.02 Å². The van der Waals surface area contributed by atoms with Crippen molar-refractivity contribution in [2.24, 2.45) is 5.92 Å². The molecule has 1 heterocycles. The van der Waals surface area contributed by atoms with E-state index in [9.17, 15) is 9.59 Å². The van der Waals surface area contributed by atoms with Gasteiger partial charge in [-0.3, -0.25) is 9.59 Å². The zero-order valence-electron chi connectivity index (χ0n) is 9.40. The standard InChI is InChI=1S/C12H11BrClNO3/c13-9-3-8(4-10(14)5-9)11(16)15-2-1-7(6-15)12(17)18/h3-5,7H,1-2,6H2,(H,17,18). The van der Waals surface area contributed by atoms with Crippen LogP contribution in [0, 0.1) is 5.92 Å². The molecule has 1 atom stereocenters. The second kappa shape index (κ2) is 5.28. The van der Waals surface area contributed by atoms with Crippen LogP contribution in [0.15, 0.2) is 22.7 Å². The third-order valence-corrected chi connectivity index (χ3v) is 3.61. The molecule has 4 nitrogen and oxygen atoms in total. The van der Waals surface area contributed by atoms with Gasteiger partial charge in [-0.1, -0.05) is 27.5 Å². The molecule has 0 aliphatic carbocycles. The fourth-order valence-electron chi connectivity index (χ4n) is 2.01. The SMILES string of the molecule is O=C(O)C1CCN(C(=O)c2cc(Cl)cc(Br)c2)C1. The minimum absolute atomic E-state index is 0.179. The summed E-state index contributed by atoms with van der Waals surface area (Å²) in [7, 11) is 0. The molecule has 0 saturated carbocycles. The first kappa shape index (κ1) is 13.4. The van der Waals surface area contributed by atoms with Gasteiger partial charge in [-0.05, 0) is 24.6 Å². The van der Waals surface area contributed by atoms with Crippen molar-refractivity contribution in [1.29, 1.82) is 0 Å². The van der Waals surface area contributed by atoms with E-state index < -0.39 is 11.9 Å². The fourth-order valence-corrected chi connectivity index (χ4v) is 2.87. The van der Waals surface area contributed by atoms with Crippen LogP contribution in [0.1, 0.15) is 16.8 Å². The summed E-state index contributed by atoms with van der Waals surface area (Å²) < 4.78 is 0.729. The lowest BCUT2D eigenvalue weighted by atomic mass is 10.1. The minimum atomic E-state index is -0.849. The van der Waals surface area contributed by atoms with Crippen molar-refractivity contribution < 1.29 is 14.7 Å². The monoisotopic (exact) mass is 331 g/mol. The van der Waals surface area contributed by atoms with Crippen molar-refractivity contribution in [3.8, 4) is 0 Å². The highest BCUT2D eigenvalue weighted by molar-refractivity contribution is 9.10.